The SMILES string of the molecule is CCCN1CCC(NCCc2ccc(O)cc2)CC1. The van der Waals surface area contributed by atoms with E-state index in [0.29, 0.717) is 11.8 Å². The lowest BCUT2D eigenvalue weighted by Crippen LogP contribution is -2.43. The van der Waals surface area contributed by atoms with Gasteiger partial charge in [-0.1, -0.05) is 19.1 Å². The molecule has 19 heavy (non-hydrogen) atoms. The highest BCUT2D eigenvalue weighted by atomic mass is 16.3. The number of hydrogen-bond donors (Lipinski definition) is 2. The third kappa shape index (κ3) is 4.84. The minimum absolute atomic E-state index is 0.347. The Labute approximate surface area is 116 Å². The summed E-state index contributed by atoms with van der Waals surface area (Å²) in [7, 11) is 0. The maximum Gasteiger partial charge on any atom is 0.115 e. The molecule has 1 fully saturated rings. The topological polar surface area (TPSA) is 35.5 Å². The summed E-state index contributed by atoms with van der Waals surface area (Å²) in [5.74, 6) is 0.347. The zero-order valence-electron chi connectivity index (χ0n) is 11.9. The summed E-state index contributed by atoms with van der Waals surface area (Å²) in [5.41, 5.74) is 1.29. The third-order valence-electron chi connectivity index (χ3n) is 3.91. The lowest BCUT2D eigenvalue weighted by Gasteiger charge is -2.32. The Bertz CT molecular complexity index is 356. The Hall–Kier alpha value is -1.06. The number of hydrogen-bond acceptors (Lipinski definition) is 3. The predicted molar refractivity (Wildman–Crippen MR) is 79.6 cm³/mol. The van der Waals surface area contributed by atoms with E-state index in [1.54, 1.807) is 12.1 Å². The van der Waals surface area contributed by atoms with Crippen molar-refractivity contribution in [1.82, 2.24) is 10.2 Å². The zero-order chi connectivity index (χ0) is 13.5. The molecule has 0 spiro atoms. The van der Waals surface area contributed by atoms with E-state index in [9.17, 15) is 5.11 Å². The number of piperidine rings is 1. The Kier molecular flexibility index (Phi) is 5.67. The molecule has 1 aliphatic rings. The van der Waals surface area contributed by atoms with E-state index in [2.05, 4.69) is 17.1 Å². The first kappa shape index (κ1) is 14.4. The van der Waals surface area contributed by atoms with Gasteiger partial charge in [0.05, 0.1) is 0 Å². The fourth-order valence-corrected chi connectivity index (χ4v) is 2.76. The first-order valence-electron chi connectivity index (χ1n) is 7.51. The zero-order valence-corrected chi connectivity index (χ0v) is 11.9. The van der Waals surface area contributed by atoms with Gasteiger partial charge < -0.3 is 15.3 Å². The van der Waals surface area contributed by atoms with Crippen LogP contribution in [0.25, 0.3) is 0 Å². The largest absolute Gasteiger partial charge is 0.508 e. The molecule has 2 N–H and O–H groups in total. The summed E-state index contributed by atoms with van der Waals surface area (Å²) in [4.78, 5) is 2.57. The highest BCUT2D eigenvalue weighted by Crippen LogP contribution is 2.12. The Morgan fingerprint density at radius 3 is 2.53 bits per heavy atom. The Morgan fingerprint density at radius 1 is 1.21 bits per heavy atom. The van der Waals surface area contributed by atoms with Gasteiger partial charge in [0.1, 0.15) is 5.75 Å². The van der Waals surface area contributed by atoms with E-state index in [0.717, 1.165) is 13.0 Å². The summed E-state index contributed by atoms with van der Waals surface area (Å²) in [6.07, 6.45) is 4.85. The van der Waals surface area contributed by atoms with Crippen molar-refractivity contribution >= 4 is 0 Å². The molecule has 3 nitrogen and oxygen atoms in total. The van der Waals surface area contributed by atoms with Gasteiger partial charge >= 0.3 is 0 Å². The quantitative estimate of drug-likeness (QED) is 0.826. The van der Waals surface area contributed by atoms with Gasteiger partial charge in [0, 0.05) is 6.04 Å². The molecule has 1 aromatic carbocycles. The third-order valence-corrected chi connectivity index (χ3v) is 3.91. The average molecular weight is 262 g/mol. The molecule has 1 aromatic rings. The number of phenols is 1. The van der Waals surface area contributed by atoms with Crippen LogP contribution < -0.4 is 5.32 Å². The first-order chi connectivity index (χ1) is 9.28. The van der Waals surface area contributed by atoms with Crippen molar-refractivity contribution in [3.63, 3.8) is 0 Å². The molecule has 1 saturated heterocycles. The molecular formula is C16H26N2O. The molecule has 1 aliphatic heterocycles. The molecular weight excluding hydrogens is 236 g/mol. The molecule has 1 heterocycles. The van der Waals surface area contributed by atoms with Crippen LogP contribution in [0.5, 0.6) is 5.75 Å². The normalized spacial score (nSPS) is 17.7. The molecule has 0 saturated carbocycles. The molecule has 0 bridgehead atoms. The fraction of sp³-hybridized carbons (Fsp3) is 0.625. The number of likely N-dealkylation sites (tertiary alicyclic amines) is 1. The second kappa shape index (κ2) is 7.51. The monoisotopic (exact) mass is 262 g/mol. The number of nitrogens with zero attached hydrogens (tertiary/aromatic N) is 1. The van der Waals surface area contributed by atoms with Crippen molar-refractivity contribution < 1.29 is 5.11 Å². The number of nitrogens with one attached hydrogen (secondary N) is 1. The van der Waals surface area contributed by atoms with Crippen LogP contribution in [0.15, 0.2) is 24.3 Å². The van der Waals surface area contributed by atoms with Gasteiger partial charge in [-0.25, -0.2) is 0 Å². The highest BCUT2D eigenvalue weighted by molar-refractivity contribution is 5.25. The van der Waals surface area contributed by atoms with Crippen LogP contribution in [-0.2, 0) is 6.42 Å². The smallest absolute Gasteiger partial charge is 0.115 e. The van der Waals surface area contributed by atoms with Crippen molar-refractivity contribution in [1.29, 1.82) is 0 Å². The summed E-state index contributed by atoms with van der Waals surface area (Å²) in [6, 6.07) is 8.21. The number of phenolic OH excluding ortho intramolecular Hbond substituents is 1. The van der Waals surface area contributed by atoms with Crippen LogP contribution in [0.2, 0.25) is 0 Å². The number of aromatic hydroxyl groups is 1. The summed E-state index contributed by atoms with van der Waals surface area (Å²) in [6.45, 7) is 7.01. The average Bonchev–Trinajstić information content (AvgIpc) is 2.43. The summed E-state index contributed by atoms with van der Waals surface area (Å²) in [5, 5.41) is 12.9. The fourth-order valence-electron chi connectivity index (χ4n) is 2.76. The van der Waals surface area contributed by atoms with Crippen LogP contribution in [-0.4, -0.2) is 42.2 Å². The van der Waals surface area contributed by atoms with Gasteiger partial charge in [-0.15, -0.1) is 0 Å². The van der Waals surface area contributed by atoms with Crippen molar-refractivity contribution in [3.8, 4) is 5.75 Å². The second-order valence-electron chi connectivity index (χ2n) is 5.49. The molecule has 106 valence electrons. The molecule has 0 aromatic heterocycles. The van der Waals surface area contributed by atoms with E-state index >= 15 is 0 Å². The van der Waals surface area contributed by atoms with E-state index < -0.39 is 0 Å². The second-order valence-corrected chi connectivity index (χ2v) is 5.49. The molecule has 0 atom stereocenters. The lowest BCUT2D eigenvalue weighted by atomic mass is 10.0. The molecule has 2 rings (SSSR count). The van der Waals surface area contributed by atoms with Crippen LogP contribution in [0.4, 0.5) is 0 Å². The van der Waals surface area contributed by atoms with Crippen LogP contribution >= 0.6 is 0 Å². The van der Waals surface area contributed by atoms with Gasteiger partial charge in [-0.2, -0.15) is 0 Å². The minimum Gasteiger partial charge on any atom is -0.508 e. The molecule has 0 unspecified atom stereocenters. The standard InChI is InChI=1S/C16H26N2O/c1-2-11-18-12-8-15(9-13-18)17-10-7-14-3-5-16(19)6-4-14/h3-6,15,17,19H,2,7-13H2,1H3. The Balaban J connectivity index is 1.63. The van der Waals surface area contributed by atoms with E-state index in [1.807, 2.05) is 12.1 Å². The first-order valence-corrected chi connectivity index (χ1v) is 7.51. The Morgan fingerprint density at radius 2 is 1.89 bits per heavy atom. The van der Waals surface area contributed by atoms with Gasteiger partial charge in [0.2, 0.25) is 0 Å². The van der Waals surface area contributed by atoms with E-state index in [1.165, 1.54) is 44.5 Å². The van der Waals surface area contributed by atoms with Crippen LogP contribution in [0.3, 0.4) is 0 Å². The van der Waals surface area contributed by atoms with Crippen molar-refractivity contribution in [3.05, 3.63) is 29.8 Å². The molecule has 3 heteroatoms. The number of rotatable bonds is 6. The van der Waals surface area contributed by atoms with Gasteiger partial charge in [-0.05, 0) is 69.6 Å². The molecule has 0 radical (unpaired) electrons. The van der Waals surface area contributed by atoms with Crippen LogP contribution in [0.1, 0.15) is 31.7 Å². The maximum atomic E-state index is 9.23. The van der Waals surface area contributed by atoms with Gasteiger partial charge in [0.25, 0.3) is 0 Å². The molecule has 0 aliphatic carbocycles. The molecule has 0 amide bonds. The van der Waals surface area contributed by atoms with Crippen molar-refractivity contribution in [2.75, 3.05) is 26.2 Å². The van der Waals surface area contributed by atoms with Crippen molar-refractivity contribution in [2.45, 2.75) is 38.6 Å². The predicted octanol–water partition coefficient (Wildman–Crippen LogP) is 2.40. The lowest BCUT2D eigenvalue weighted by molar-refractivity contribution is 0.198. The van der Waals surface area contributed by atoms with Gasteiger partial charge in [0.15, 0.2) is 0 Å². The maximum absolute atomic E-state index is 9.23. The minimum atomic E-state index is 0.347. The van der Waals surface area contributed by atoms with Gasteiger partial charge in [-0.3, -0.25) is 0 Å². The highest BCUT2D eigenvalue weighted by Gasteiger charge is 2.17. The summed E-state index contributed by atoms with van der Waals surface area (Å²) >= 11 is 0. The number of benzene rings is 1. The van der Waals surface area contributed by atoms with E-state index in [4.69, 9.17) is 0 Å². The van der Waals surface area contributed by atoms with Crippen molar-refractivity contribution in [2.24, 2.45) is 0 Å². The van der Waals surface area contributed by atoms with Crippen LogP contribution in [0, 0.1) is 0 Å². The summed E-state index contributed by atoms with van der Waals surface area (Å²) < 4.78 is 0. The van der Waals surface area contributed by atoms with E-state index in [-0.39, 0.29) is 0 Å².